The SMILES string of the molecule is CCCCCCCC/C=C\CCCCCCCCN(CCCCCCCCCCCCCCCC)C(=O)CNC(=O)CC1=C[NH2+]C=N1. The lowest BCUT2D eigenvalue weighted by molar-refractivity contribution is -0.447. The topological polar surface area (TPSA) is 78.4 Å². The van der Waals surface area contributed by atoms with Crippen molar-refractivity contribution in [1.29, 1.82) is 0 Å². The maximum atomic E-state index is 13.1. The summed E-state index contributed by atoms with van der Waals surface area (Å²) in [5.41, 5.74) is 0.749. The molecule has 0 bridgehead atoms. The zero-order valence-corrected chi connectivity index (χ0v) is 31.2. The van der Waals surface area contributed by atoms with Gasteiger partial charge in [-0.1, -0.05) is 167 Å². The van der Waals surface area contributed by atoms with E-state index in [0.29, 0.717) is 0 Å². The standard InChI is InChI=1S/C41H76N4O2/c1-3-5-7-9-11-13-15-17-19-20-22-24-26-28-30-32-34-45(41(47)37-43-40(46)35-39-36-42-38-44-39)33-31-29-27-25-23-21-18-16-14-12-10-8-6-4-2/h17,19,36,38H,3-16,18,20-35,37H2,1-2H3,(H,42,44)(H,43,46)/p+1/b19-17-. The van der Waals surface area contributed by atoms with Crippen molar-refractivity contribution in [1.82, 2.24) is 10.2 Å². The number of carbonyl (C=O) groups excluding carboxylic acids is 2. The highest BCUT2D eigenvalue weighted by Gasteiger charge is 2.16. The van der Waals surface area contributed by atoms with Crippen molar-refractivity contribution in [3.63, 3.8) is 0 Å². The number of hydrogen-bond donors (Lipinski definition) is 2. The summed E-state index contributed by atoms with van der Waals surface area (Å²) in [6, 6.07) is 0. The van der Waals surface area contributed by atoms with Gasteiger partial charge in [0.25, 0.3) is 0 Å². The maximum Gasteiger partial charge on any atom is 0.241 e. The van der Waals surface area contributed by atoms with Gasteiger partial charge in [0.05, 0.1) is 13.0 Å². The van der Waals surface area contributed by atoms with Gasteiger partial charge in [0, 0.05) is 13.1 Å². The molecule has 0 spiro atoms. The summed E-state index contributed by atoms with van der Waals surface area (Å²) in [5.74, 6) is -0.0815. The monoisotopic (exact) mass is 658 g/mol. The molecule has 0 unspecified atom stereocenters. The largest absolute Gasteiger partial charge is 0.347 e. The fourth-order valence-electron chi connectivity index (χ4n) is 6.36. The highest BCUT2D eigenvalue weighted by atomic mass is 16.2. The van der Waals surface area contributed by atoms with E-state index >= 15 is 0 Å². The van der Waals surface area contributed by atoms with Crippen LogP contribution in [0.2, 0.25) is 0 Å². The molecule has 0 aromatic carbocycles. The van der Waals surface area contributed by atoms with E-state index in [4.69, 9.17) is 0 Å². The average molecular weight is 658 g/mol. The molecule has 0 saturated heterocycles. The zero-order valence-electron chi connectivity index (χ0n) is 31.2. The molecule has 6 nitrogen and oxygen atoms in total. The molecule has 0 atom stereocenters. The Kier molecular flexibility index (Phi) is 31.1. The first-order valence-electron chi connectivity index (χ1n) is 20.4. The van der Waals surface area contributed by atoms with Crippen LogP contribution in [0.15, 0.2) is 29.0 Å². The summed E-state index contributed by atoms with van der Waals surface area (Å²) in [6.45, 7) is 6.26. The summed E-state index contributed by atoms with van der Waals surface area (Å²) in [5, 5.41) is 4.67. The quantitative estimate of drug-likeness (QED) is 0.0525. The van der Waals surface area contributed by atoms with Crippen LogP contribution in [-0.4, -0.2) is 42.7 Å². The highest BCUT2D eigenvalue weighted by molar-refractivity contribution is 5.85. The lowest BCUT2D eigenvalue weighted by Gasteiger charge is -2.23. The molecule has 2 amide bonds. The van der Waals surface area contributed by atoms with Crippen molar-refractivity contribution in [3.8, 4) is 0 Å². The Morgan fingerprint density at radius 3 is 1.43 bits per heavy atom. The van der Waals surface area contributed by atoms with E-state index in [1.807, 2.05) is 16.4 Å². The number of unbranched alkanes of at least 4 members (excludes halogenated alkanes) is 25. The van der Waals surface area contributed by atoms with Gasteiger partial charge in [-0.25, -0.2) is 4.99 Å². The van der Waals surface area contributed by atoms with Crippen LogP contribution < -0.4 is 10.6 Å². The second-order valence-electron chi connectivity index (χ2n) is 14.0. The van der Waals surface area contributed by atoms with Crippen molar-refractivity contribution in [2.24, 2.45) is 4.99 Å². The second kappa shape index (κ2) is 33.9. The number of hydrogen-bond acceptors (Lipinski definition) is 3. The third-order valence-electron chi connectivity index (χ3n) is 9.47. The summed E-state index contributed by atoms with van der Waals surface area (Å²) in [7, 11) is 0. The van der Waals surface area contributed by atoms with Gasteiger partial charge in [-0.3, -0.25) is 14.9 Å². The minimum Gasteiger partial charge on any atom is -0.347 e. The molecule has 1 rings (SSSR count). The van der Waals surface area contributed by atoms with Gasteiger partial charge >= 0.3 is 0 Å². The third kappa shape index (κ3) is 28.7. The Morgan fingerprint density at radius 1 is 0.617 bits per heavy atom. The first-order chi connectivity index (χ1) is 23.2. The normalized spacial score (nSPS) is 12.7. The Hall–Kier alpha value is -1.95. The van der Waals surface area contributed by atoms with Crippen LogP contribution in [0.3, 0.4) is 0 Å². The molecule has 6 heteroatoms. The van der Waals surface area contributed by atoms with E-state index in [0.717, 1.165) is 31.6 Å². The summed E-state index contributed by atoms with van der Waals surface area (Å²) in [6.07, 6.45) is 45.3. The minimum atomic E-state index is -0.134. The third-order valence-corrected chi connectivity index (χ3v) is 9.47. The molecule has 0 saturated carbocycles. The lowest BCUT2D eigenvalue weighted by atomic mass is 10.0. The maximum absolute atomic E-state index is 13.1. The van der Waals surface area contributed by atoms with Gasteiger partial charge in [-0.2, -0.15) is 0 Å². The zero-order chi connectivity index (χ0) is 33.9. The smallest absolute Gasteiger partial charge is 0.241 e. The van der Waals surface area contributed by atoms with Gasteiger partial charge in [-0.15, -0.1) is 0 Å². The summed E-state index contributed by atoms with van der Waals surface area (Å²) in [4.78, 5) is 31.6. The van der Waals surface area contributed by atoms with Crippen LogP contribution in [0.25, 0.3) is 0 Å². The van der Waals surface area contributed by atoms with Gasteiger partial charge < -0.3 is 10.2 Å². The molecule has 3 N–H and O–H groups in total. The molecule has 0 radical (unpaired) electrons. The number of quaternary nitrogens is 1. The molecular weight excluding hydrogens is 580 g/mol. The number of nitrogens with zero attached hydrogens (tertiary/aromatic N) is 2. The van der Waals surface area contributed by atoms with E-state index in [-0.39, 0.29) is 24.8 Å². The molecular formula is C41H77N4O2+. The molecule has 47 heavy (non-hydrogen) atoms. The molecule has 1 aliphatic heterocycles. The fourth-order valence-corrected chi connectivity index (χ4v) is 6.36. The van der Waals surface area contributed by atoms with Crippen molar-refractivity contribution >= 4 is 18.2 Å². The minimum absolute atomic E-state index is 0.0521. The van der Waals surface area contributed by atoms with Gasteiger partial charge in [0.15, 0.2) is 6.34 Å². The Balaban J connectivity index is 2.18. The van der Waals surface area contributed by atoms with Crippen LogP contribution in [0.4, 0.5) is 0 Å². The van der Waals surface area contributed by atoms with E-state index < -0.39 is 0 Å². The molecule has 1 aliphatic rings. The fraction of sp³-hybridized carbons (Fsp3) is 0.829. The van der Waals surface area contributed by atoms with Crippen LogP contribution >= 0.6 is 0 Å². The molecule has 0 fully saturated rings. The van der Waals surface area contributed by atoms with Crippen molar-refractivity contribution in [2.45, 2.75) is 200 Å². The van der Waals surface area contributed by atoms with E-state index in [1.54, 1.807) is 6.34 Å². The van der Waals surface area contributed by atoms with Gasteiger partial charge in [0.2, 0.25) is 11.8 Å². The Morgan fingerprint density at radius 2 is 1.02 bits per heavy atom. The lowest BCUT2D eigenvalue weighted by Crippen LogP contribution is -2.74. The predicted molar refractivity (Wildman–Crippen MR) is 202 cm³/mol. The summed E-state index contributed by atoms with van der Waals surface area (Å²) < 4.78 is 0. The van der Waals surface area contributed by atoms with E-state index in [2.05, 4.69) is 36.3 Å². The summed E-state index contributed by atoms with van der Waals surface area (Å²) >= 11 is 0. The predicted octanol–water partition coefficient (Wildman–Crippen LogP) is 10.3. The average Bonchev–Trinajstić information content (AvgIpc) is 3.59. The second-order valence-corrected chi connectivity index (χ2v) is 14.0. The number of carbonyl (C=O) groups is 2. The molecule has 0 aliphatic carbocycles. The van der Waals surface area contributed by atoms with Crippen molar-refractivity contribution < 1.29 is 14.9 Å². The van der Waals surface area contributed by atoms with Crippen LogP contribution in [0, 0.1) is 0 Å². The number of aliphatic imine (C=N–C) groups is 1. The molecule has 1 heterocycles. The Labute approximate surface area is 291 Å². The van der Waals surface area contributed by atoms with E-state index in [1.165, 1.54) is 167 Å². The van der Waals surface area contributed by atoms with Crippen molar-refractivity contribution in [2.75, 3.05) is 19.6 Å². The number of nitrogens with two attached hydrogens (primary N) is 1. The first kappa shape index (κ1) is 43.1. The molecule has 0 aromatic rings. The van der Waals surface area contributed by atoms with Gasteiger partial charge in [-0.05, 0) is 38.5 Å². The molecule has 0 aromatic heterocycles. The first-order valence-corrected chi connectivity index (χ1v) is 20.4. The van der Waals surface area contributed by atoms with Gasteiger partial charge in [0.1, 0.15) is 11.9 Å². The van der Waals surface area contributed by atoms with Crippen LogP contribution in [0.5, 0.6) is 0 Å². The number of rotatable bonds is 35. The molecule has 272 valence electrons. The van der Waals surface area contributed by atoms with Crippen LogP contribution in [-0.2, 0) is 9.59 Å². The Bertz CT molecular complexity index is 822. The highest BCUT2D eigenvalue weighted by Crippen LogP contribution is 2.14. The number of nitrogens with one attached hydrogen (secondary N) is 1. The number of amides is 2. The number of allylic oxidation sites excluding steroid dienone is 2. The van der Waals surface area contributed by atoms with Crippen molar-refractivity contribution in [3.05, 3.63) is 24.0 Å². The van der Waals surface area contributed by atoms with E-state index in [9.17, 15) is 9.59 Å². The van der Waals surface area contributed by atoms with Crippen LogP contribution in [0.1, 0.15) is 200 Å².